The van der Waals surface area contributed by atoms with Crippen LogP contribution >= 0.6 is 0 Å². The predicted octanol–water partition coefficient (Wildman–Crippen LogP) is 2.77. The fourth-order valence-corrected chi connectivity index (χ4v) is 5.71. The number of tetrazole rings is 1. The number of nitrogens with one attached hydrogen (secondary N) is 2. The van der Waals surface area contributed by atoms with E-state index in [9.17, 15) is 10.4 Å². The van der Waals surface area contributed by atoms with Crippen molar-refractivity contribution in [1.82, 2.24) is 40.4 Å². The second kappa shape index (κ2) is 16.4. The van der Waals surface area contributed by atoms with Gasteiger partial charge in [0.2, 0.25) is 11.8 Å². The molecule has 0 unspecified atom stereocenters. The maximum Gasteiger partial charge on any atom is 0.227 e. The Morgan fingerprint density at radius 1 is 1.19 bits per heavy atom. The van der Waals surface area contributed by atoms with Crippen LogP contribution in [0.2, 0.25) is 0 Å². The minimum atomic E-state index is -1.03. The molecule has 48 heavy (non-hydrogen) atoms. The van der Waals surface area contributed by atoms with Crippen LogP contribution in [0.5, 0.6) is 5.75 Å². The Morgan fingerprint density at radius 2 is 1.94 bits per heavy atom. The van der Waals surface area contributed by atoms with Gasteiger partial charge in [-0.05, 0) is 74.6 Å². The van der Waals surface area contributed by atoms with Crippen LogP contribution in [0, 0.1) is 11.3 Å². The van der Waals surface area contributed by atoms with Gasteiger partial charge in [-0.25, -0.2) is 14.6 Å². The van der Waals surface area contributed by atoms with Crippen molar-refractivity contribution in [2.24, 2.45) is 4.99 Å². The molecule has 0 bridgehead atoms. The first-order chi connectivity index (χ1) is 23.2. The van der Waals surface area contributed by atoms with Gasteiger partial charge in [0.15, 0.2) is 0 Å². The molecule has 2 fully saturated rings. The first-order valence-electron chi connectivity index (χ1n) is 16.3. The number of allylic oxidation sites excluding steroid dienone is 1. The molecule has 0 radical (unpaired) electrons. The molecule has 3 heterocycles. The molecule has 1 aromatic carbocycles. The molecule has 256 valence electrons. The van der Waals surface area contributed by atoms with E-state index in [2.05, 4.69) is 47.1 Å². The molecule has 0 amide bonds. The third-order valence-electron chi connectivity index (χ3n) is 8.18. The molecular weight excluding hydrogens is 614 g/mol. The highest BCUT2D eigenvalue weighted by atomic mass is 16.5. The molecule has 3 aromatic rings. The standard InChI is InChI=1S/C33H45N11O4/c1-23(20-44-22-39-41-42-44)48-30-15-24(5-6-25(30)16-34)26-17-37-32(38-18-26)40-29(31(35-4)47-21-33(2,3)45)19-36-27-7-9-28(10-8-27)43-11-13-46-14-12-43/h5-6,15,17-19,22-23,27-28,35,45H,7-14,20-21H2,1-4H3,(H,37,38,40)/b31-29-,36-19?/t23-,27?,28?/m0/s1. The summed E-state index contributed by atoms with van der Waals surface area (Å²) in [5.41, 5.74) is 1.47. The number of ether oxygens (including phenoxy) is 3. The number of aliphatic hydroxyl groups is 1. The Kier molecular flexibility index (Phi) is 11.9. The average Bonchev–Trinajstić information content (AvgIpc) is 3.60. The topological polar surface area (TPSA) is 181 Å². The van der Waals surface area contributed by atoms with Crippen molar-refractivity contribution in [2.45, 2.75) is 76.8 Å². The van der Waals surface area contributed by atoms with Crippen LogP contribution in [0.1, 0.15) is 52.0 Å². The fraction of sp³-hybridized carbons (Fsp3) is 0.545. The summed E-state index contributed by atoms with van der Waals surface area (Å²) in [5, 5.41) is 37.5. The Labute approximate surface area is 281 Å². The molecule has 1 atom stereocenters. The predicted molar refractivity (Wildman–Crippen MR) is 179 cm³/mol. The average molecular weight is 660 g/mol. The fourth-order valence-electron chi connectivity index (χ4n) is 5.71. The number of anilines is 1. The molecule has 1 aliphatic carbocycles. The maximum atomic E-state index is 10.3. The third kappa shape index (κ3) is 9.93. The summed E-state index contributed by atoms with van der Waals surface area (Å²) in [6, 6.07) is 8.31. The number of morpholine rings is 1. The molecule has 1 aliphatic heterocycles. The van der Waals surface area contributed by atoms with Crippen LogP contribution in [0.15, 0.2) is 53.5 Å². The lowest BCUT2D eigenvalue weighted by molar-refractivity contribution is -0.000920. The minimum Gasteiger partial charge on any atom is -0.487 e. The van der Waals surface area contributed by atoms with Gasteiger partial charge in [-0.15, -0.1) is 5.10 Å². The Balaban J connectivity index is 1.29. The molecular formula is C33H45N11O4. The van der Waals surface area contributed by atoms with E-state index >= 15 is 0 Å². The van der Waals surface area contributed by atoms with E-state index in [1.54, 1.807) is 56.3 Å². The number of hydrogen-bond acceptors (Lipinski definition) is 14. The highest BCUT2D eigenvalue weighted by molar-refractivity contribution is 5.83. The molecule has 5 rings (SSSR count). The van der Waals surface area contributed by atoms with E-state index in [-0.39, 0.29) is 18.8 Å². The van der Waals surface area contributed by atoms with Crippen molar-refractivity contribution >= 4 is 12.2 Å². The molecule has 0 spiro atoms. The smallest absolute Gasteiger partial charge is 0.227 e. The number of hydrogen-bond donors (Lipinski definition) is 3. The van der Waals surface area contributed by atoms with Gasteiger partial charge in [0.1, 0.15) is 36.6 Å². The lowest BCUT2D eigenvalue weighted by Crippen LogP contribution is -2.45. The zero-order valence-corrected chi connectivity index (χ0v) is 28.0. The van der Waals surface area contributed by atoms with Crippen molar-refractivity contribution in [3.8, 4) is 22.9 Å². The van der Waals surface area contributed by atoms with Crippen molar-refractivity contribution in [2.75, 3.05) is 45.3 Å². The van der Waals surface area contributed by atoms with Gasteiger partial charge in [-0.1, -0.05) is 6.07 Å². The molecule has 3 N–H and O–H groups in total. The summed E-state index contributed by atoms with van der Waals surface area (Å²) in [6.07, 6.45) is 10.6. The first-order valence-corrected chi connectivity index (χ1v) is 16.3. The number of nitrogens with zero attached hydrogens (tertiary/aromatic N) is 9. The Hall–Kier alpha value is -4.65. The van der Waals surface area contributed by atoms with Crippen LogP contribution in [-0.2, 0) is 16.0 Å². The van der Waals surface area contributed by atoms with Gasteiger partial charge in [-0.3, -0.25) is 9.89 Å². The second-order valence-corrected chi connectivity index (χ2v) is 12.7. The van der Waals surface area contributed by atoms with Gasteiger partial charge < -0.3 is 30.0 Å². The second-order valence-electron chi connectivity index (χ2n) is 12.7. The Morgan fingerprint density at radius 3 is 2.58 bits per heavy atom. The van der Waals surface area contributed by atoms with Crippen LogP contribution in [-0.4, -0.2) is 110 Å². The summed E-state index contributed by atoms with van der Waals surface area (Å²) in [5.74, 6) is 1.21. The van der Waals surface area contributed by atoms with Gasteiger partial charge in [0.05, 0.1) is 43.2 Å². The van der Waals surface area contributed by atoms with Crippen LogP contribution in [0.4, 0.5) is 5.95 Å². The third-order valence-corrected chi connectivity index (χ3v) is 8.18. The maximum absolute atomic E-state index is 10.3. The van der Waals surface area contributed by atoms with Gasteiger partial charge in [0, 0.05) is 44.1 Å². The number of nitriles is 1. The summed E-state index contributed by atoms with van der Waals surface area (Å²) < 4.78 is 19.1. The van der Waals surface area contributed by atoms with E-state index in [4.69, 9.17) is 19.2 Å². The zero-order chi connectivity index (χ0) is 33.9. The molecule has 2 aromatic heterocycles. The van der Waals surface area contributed by atoms with Gasteiger partial charge >= 0.3 is 0 Å². The quantitative estimate of drug-likeness (QED) is 0.170. The van der Waals surface area contributed by atoms with Gasteiger partial charge in [0.25, 0.3) is 0 Å². The van der Waals surface area contributed by atoms with E-state index < -0.39 is 5.60 Å². The van der Waals surface area contributed by atoms with Crippen LogP contribution in [0.3, 0.4) is 0 Å². The van der Waals surface area contributed by atoms with Crippen molar-refractivity contribution in [1.29, 1.82) is 5.26 Å². The number of benzene rings is 1. The van der Waals surface area contributed by atoms with E-state index in [1.165, 1.54) is 6.33 Å². The van der Waals surface area contributed by atoms with Crippen molar-refractivity contribution in [3.63, 3.8) is 0 Å². The normalized spacial score (nSPS) is 20.1. The minimum absolute atomic E-state index is 0.0735. The monoisotopic (exact) mass is 659 g/mol. The highest BCUT2D eigenvalue weighted by Crippen LogP contribution is 2.28. The number of rotatable bonds is 14. The summed E-state index contributed by atoms with van der Waals surface area (Å²) in [4.78, 5) is 16.6. The SMILES string of the molecule is CN/C(OCC(C)(C)O)=C(\C=NC1CCC(N2CCOCC2)CC1)Nc1ncc(-c2ccc(C#N)c(O[C@@H](C)Cn3cnnn3)c2)cn1. The zero-order valence-electron chi connectivity index (χ0n) is 28.0. The van der Waals surface area contributed by atoms with Crippen molar-refractivity contribution in [3.05, 3.63) is 54.1 Å². The van der Waals surface area contributed by atoms with Crippen LogP contribution in [0.25, 0.3) is 11.1 Å². The highest BCUT2D eigenvalue weighted by Gasteiger charge is 2.27. The molecule has 1 saturated carbocycles. The largest absolute Gasteiger partial charge is 0.487 e. The van der Waals surface area contributed by atoms with E-state index in [0.29, 0.717) is 41.4 Å². The summed E-state index contributed by atoms with van der Waals surface area (Å²) >= 11 is 0. The lowest BCUT2D eigenvalue weighted by atomic mass is 9.90. The van der Waals surface area contributed by atoms with Crippen LogP contribution < -0.4 is 15.4 Å². The molecule has 15 heteroatoms. The summed E-state index contributed by atoms with van der Waals surface area (Å²) in [7, 11) is 1.75. The number of aliphatic imine (C=N–C) groups is 1. The molecule has 1 saturated heterocycles. The van der Waals surface area contributed by atoms with E-state index in [0.717, 1.165) is 63.1 Å². The first kappa shape index (κ1) is 34.7. The van der Waals surface area contributed by atoms with Gasteiger partial charge in [-0.2, -0.15) is 5.26 Å². The summed E-state index contributed by atoms with van der Waals surface area (Å²) in [6.45, 7) is 9.37. The lowest BCUT2D eigenvalue weighted by Gasteiger charge is -2.38. The number of aromatic nitrogens is 6. The van der Waals surface area contributed by atoms with E-state index in [1.807, 2.05) is 13.0 Å². The van der Waals surface area contributed by atoms with Crippen molar-refractivity contribution < 1.29 is 19.3 Å². The molecule has 15 nitrogen and oxygen atoms in total. The molecule has 2 aliphatic rings. The Bertz CT molecular complexity index is 1550.